The van der Waals surface area contributed by atoms with Crippen LogP contribution in [0.2, 0.25) is 0 Å². The normalized spacial score (nSPS) is 17.8. The molecular weight excluding hydrogens is 339 g/mol. The van der Waals surface area contributed by atoms with Crippen LogP contribution in [0.15, 0.2) is 22.7 Å². The molecule has 21 heavy (non-hydrogen) atoms. The van der Waals surface area contributed by atoms with Crippen molar-refractivity contribution in [2.24, 2.45) is 0 Å². The number of carbonyl (C=O) groups excluding carboxylic acids is 2. The van der Waals surface area contributed by atoms with E-state index in [1.54, 1.807) is 6.07 Å². The van der Waals surface area contributed by atoms with Gasteiger partial charge in [0.15, 0.2) is 0 Å². The van der Waals surface area contributed by atoms with Crippen LogP contribution in [-0.4, -0.2) is 28.8 Å². The van der Waals surface area contributed by atoms with Crippen LogP contribution in [0.25, 0.3) is 0 Å². The lowest BCUT2D eigenvalue weighted by atomic mass is 9.88. The number of nitrogens with zero attached hydrogens (tertiary/aromatic N) is 1. The molecule has 1 aliphatic heterocycles. The van der Waals surface area contributed by atoms with Crippen molar-refractivity contribution in [2.45, 2.75) is 38.8 Å². The number of amides is 2. The van der Waals surface area contributed by atoms with E-state index < -0.39 is 5.54 Å². The van der Waals surface area contributed by atoms with Crippen molar-refractivity contribution in [1.29, 1.82) is 0 Å². The molecule has 0 bridgehead atoms. The van der Waals surface area contributed by atoms with Crippen LogP contribution in [0.3, 0.4) is 0 Å². The monoisotopic (exact) mass is 356 g/mol. The minimum atomic E-state index is -0.818. The average Bonchev–Trinajstić information content (AvgIpc) is 2.45. The maximum Gasteiger partial charge on any atom is 0.249 e. The van der Waals surface area contributed by atoms with Crippen LogP contribution in [0, 0.1) is 5.82 Å². The summed E-state index contributed by atoms with van der Waals surface area (Å²) in [6.45, 7) is 4.09. The second-order valence-corrected chi connectivity index (χ2v) is 6.09. The molecular formula is C15H18BrFN2O2. The number of hydrogen-bond donors (Lipinski definition) is 1. The van der Waals surface area contributed by atoms with Crippen LogP contribution in [0.1, 0.15) is 32.3 Å². The van der Waals surface area contributed by atoms with Gasteiger partial charge in [-0.3, -0.25) is 9.59 Å². The zero-order chi connectivity index (χ0) is 15.6. The number of nitrogens with one attached hydrogen (secondary N) is 1. The van der Waals surface area contributed by atoms with E-state index in [9.17, 15) is 14.0 Å². The minimum Gasteiger partial charge on any atom is -0.340 e. The van der Waals surface area contributed by atoms with Crippen molar-refractivity contribution in [3.8, 4) is 0 Å². The van der Waals surface area contributed by atoms with Gasteiger partial charge < -0.3 is 10.2 Å². The van der Waals surface area contributed by atoms with E-state index in [2.05, 4.69) is 21.2 Å². The Hall–Kier alpha value is -1.43. The standard InChI is InChI=1S/C15H18BrFN2O2/c1-3-15(4-2)14(21)19(9-13(20)18-15)8-10-5-6-11(17)7-12(10)16/h5-7H,3-4,8-9H2,1-2H3,(H,18,20). The molecule has 0 spiro atoms. The number of halogens is 2. The van der Waals surface area contributed by atoms with Crippen molar-refractivity contribution in [2.75, 3.05) is 6.54 Å². The third-order valence-electron chi connectivity index (χ3n) is 3.99. The summed E-state index contributed by atoms with van der Waals surface area (Å²) in [6.07, 6.45) is 1.10. The van der Waals surface area contributed by atoms with Crippen LogP contribution in [0.4, 0.5) is 4.39 Å². The van der Waals surface area contributed by atoms with Crippen molar-refractivity contribution in [3.05, 3.63) is 34.1 Å². The molecule has 0 unspecified atom stereocenters. The number of piperazine rings is 1. The summed E-state index contributed by atoms with van der Waals surface area (Å²) in [5, 5.41) is 2.82. The molecule has 0 saturated carbocycles. The first kappa shape index (κ1) is 15.9. The van der Waals surface area contributed by atoms with Crippen molar-refractivity contribution >= 4 is 27.7 Å². The second-order valence-electron chi connectivity index (χ2n) is 5.23. The molecule has 6 heteroatoms. The van der Waals surface area contributed by atoms with E-state index in [-0.39, 0.29) is 30.7 Å². The fourth-order valence-corrected chi connectivity index (χ4v) is 3.10. The predicted molar refractivity (Wildman–Crippen MR) is 81.0 cm³/mol. The van der Waals surface area contributed by atoms with Gasteiger partial charge in [0.25, 0.3) is 0 Å². The van der Waals surface area contributed by atoms with Gasteiger partial charge in [-0.1, -0.05) is 35.8 Å². The summed E-state index contributed by atoms with van der Waals surface area (Å²) in [4.78, 5) is 26.1. The third kappa shape index (κ3) is 3.10. The number of benzene rings is 1. The highest BCUT2D eigenvalue weighted by atomic mass is 79.9. The zero-order valence-corrected chi connectivity index (χ0v) is 13.7. The maximum atomic E-state index is 13.1. The molecule has 1 fully saturated rings. The number of rotatable bonds is 4. The maximum absolute atomic E-state index is 13.1. The molecule has 1 N–H and O–H groups in total. The topological polar surface area (TPSA) is 49.4 Å². The van der Waals surface area contributed by atoms with Gasteiger partial charge in [0, 0.05) is 11.0 Å². The third-order valence-corrected chi connectivity index (χ3v) is 4.73. The molecule has 0 aromatic heterocycles. The van der Waals surface area contributed by atoms with Gasteiger partial charge in [0.2, 0.25) is 11.8 Å². The van der Waals surface area contributed by atoms with E-state index in [0.29, 0.717) is 17.3 Å². The van der Waals surface area contributed by atoms with E-state index in [1.807, 2.05) is 13.8 Å². The summed E-state index contributed by atoms with van der Waals surface area (Å²) in [7, 11) is 0. The molecule has 0 aliphatic carbocycles. The molecule has 114 valence electrons. The first-order valence-corrected chi connectivity index (χ1v) is 7.75. The Morgan fingerprint density at radius 2 is 2.00 bits per heavy atom. The lowest BCUT2D eigenvalue weighted by Crippen LogP contribution is -2.65. The lowest BCUT2D eigenvalue weighted by Gasteiger charge is -2.41. The quantitative estimate of drug-likeness (QED) is 0.901. The summed E-state index contributed by atoms with van der Waals surface area (Å²) in [6, 6.07) is 4.33. The molecule has 1 aliphatic rings. The first-order chi connectivity index (χ1) is 9.91. The Labute approximate surface area is 131 Å². The zero-order valence-electron chi connectivity index (χ0n) is 12.1. The first-order valence-electron chi connectivity index (χ1n) is 6.96. The van der Waals surface area contributed by atoms with Crippen molar-refractivity contribution < 1.29 is 14.0 Å². The van der Waals surface area contributed by atoms with E-state index >= 15 is 0 Å². The fraction of sp³-hybridized carbons (Fsp3) is 0.467. The average molecular weight is 357 g/mol. The summed E-state index contributed by atoms with van der Waals surface area (Å²) in [5.41, 5.74) is -0.0393. The van der Waals surface area contributed by atoms with Gasteiger partial charge in [-0.2, -0.15) is 0 Å². The Kier molecular flexibility index (Phi) is 4.66. The van der Waals surface area contributed by atoms with Crippen LogP contribution in [0.5, 0.6) is 0 Å². The van der Waals surface area contributed by atoms with Crippen LogP contribution < -0.4 is 5.32 Å². The SMILES string of the molecule is CCC1(CC)NC(=O)CN(Cc2ccc(F)cc2Br)C1=O. The largest absolute Gasteiger partial charge is 0.340 e. The minimum absolute atomic E-state index is 0.0321. The number of hydrogen-bond acceptors (Lipinski definition) is 2. The van der Waals surface area contributed by atoms with Gasteiger partial charge in [0.05, 0.1) is 6.54 Å². The van der Waals surface area contributed by atoms with Crippen molar-refractivity contribution in [1.82, 2.24) is 10.2 Å². The Morgan fingerprint density at radius 1 is 1.33 bits per heavy atom. The highest BCUT2D eigenvalue weighted by molar-refractivity contribution is 9.10. The molecule has 1 aromatic carbocycles. The van der Waals surface area contributed by atoms with Gasteiger partial charge in [-0.25, -0.2) is 4.39 Å². The van der Waals surface area contributed by atoms with Crippen LogP contribution in [-0.2, 0) is 16.1 Å². The smallest absolute Gasteiger partial charge is 0.249 e. The molecule has 2 amide bonds. The van der Waals surface area contributed by atoms with Crippen molar-refractivity contribution in [3.63, 3.8) is 0 Å². The molecule has 1 saturated heterocycles. The fourth-order valence-electron chi connectivity index (χ4n) is 2.62. The Balaban J connectivity index is 2.26. The summed E-state index contributed by atoms with van der Waals surface area (Å²) >= 11 is 3.29. The summed E-state index contributed by atoms with van der Waals surface area (Å²) < 4.78 is 13.7. The highest BCUT2D eigenvalue weighted by Crippen LogP contribution is 2.25. The molecule has 0 atom stereocenters. The van der Waals surface area contributed by atoms with Gasteiger partial charge >= 0.3 is 0 Å². The lowest BCUT2D eigenvalue weighted by molar-refractivity contribution is -0.151. The van der Waals surface area contributed by atoms with Gasteiger partial charge in [0.1, 0.15) is 11.4 Å². The molecule has 1 aromatic rings. The number of carbonyl (C=O) groups is 2. The Morgan fingerprint density at radius 3 is 2.57 bits per heavy atom. The van der Waals surface area contributed by atoms with Gasteiger partial charge in [-0.15, -0.1) is 0 Å². The van der Waals surface area contributed by atoms with E-state index in [4.69, 9.17) is 0 Å². The molecule has 1 heterocycles. The van der Waals surface area contributed by atoms with E-state index in [1.165, 1.54) is 17.0 Å². The predicted octanol–water partition coefficient (Wildman–Crippen LogP) is 2.61. The van der Waals surface area contributed by atoms with Crippen LogP contribution >= 0.6 is 15.9 Å². The highest BCUT2D eigenvalue weighted by Gasteiger charge is 2.43. The molecule has 0 radical (unpaired) electrons. The molecule has 2 rings (SSSR count). The summed E-state index contributed by atoms with van der Waals surface area (Å²) in [5.74, 6) is -0.579. The molecule has 4 nitrogen and oxygen atoms in total. The Bertz CT molecular complexity index is 573. The van der Waals surface area contributed by atoms with Gasteiger partial charge in [-0.05, 0) is 30.5 Å². The van der Waals surface area contributed by atoms with E-state index in [0.717, 1.165) is 5.56 Å². The second kappa shape index (κ2) is 6.13.